The number of rotatable bonds is 5. The molecule has 4 fully saturated rings. The SMILES string of the molecule is c1cc(N(c2ccc(-c3cccc4ccccc34)cc2)c2cc3ccccc3c3ccccc23)cc(C23CC4CC(CC(C4)C2)C3)c1. The lowest BCUT2D eigenvalue weighted by Gasteiger charge is -2.57. The molecule has 0 atom stereocenters. The Morgan fingerprint density at radius 1 is 0.447 bits per heavy atom. The lowest BCUT2D eigenvalue weighted by molar-refractivity contribution is -0.00516. The predicted octanol–water partition coefficient (Wildman–Crippen LogP) is 12.8. The Bertz CT molecular complexity index is 2250. The Kier molecular flexibility index (Phi) is 6.13. The second kappa shape index (κ2) is 10.6. The summed E-state index contributed by atoms with van der Waals surface area (Å²) in [5.74, 6) is 2.77. The Morgan fingerprint density at radius 2 is 1.04 bits per heavy atom. The van der Waals surface area contributed by atoms with Gasteiger partial charge in [-0.1, -0.05) is 115 Å². The summed E-state index contributed by atoms with van der Waals surface area (Å²) in [4.78, 5) is 2.53. The zero-order valence-electron chi connectivity index (χ0n) is 26.8. The summed E-state index contributed by atoms with van der Waals surface area (Å²) in [5, 5.41) is 7.74. The Hall–Kier alpha value is -4.88. The molecule has 4 saturated carbocycles. The van der Waals surface area contributed by atoms with Crippen LogP contribution in [0.25, 0.3) is 43.4 Å². The van der Waals surface area contributed by atoms with Crippen molar-refractivity contribution in [2.24, 2.45) is 17.8 Å². The summed E-state index contributed by atoms with van der Waals surface area (Å²) in [6, 6.07) is 54.5. The summed E-state index contributed by atoms with van der Waals surface area (Å²) in [7, 11) is 0. The van der Waals surface area contributed by atoms with Crippen LogP contribution < -0.4 is 4.90 Å². The molecule has 7 aromatic rings. The molecule has 0 radical (unpaired) electrons. The third-order valence-electron chi connectivity index (χ3n) is 12.0. The molecule has 1 heteroatoms. The molecule has 228 valence electrons. The molecule has 4 bridgehead atoms. The molecule has 1 nitrogen and oxygen atoms in total. The summed E-state index contributed by atoms with van der Waals surface area (Å²) in [6.45, 7) is 0. The molecule has 0 amide bonds. The minimum atomic E-state index is 0.347. The van der Waals surface area contributed by atoms with E-state index < -0.39 is 0 Å². The quantitative estimate of drug-likeness (QED) is 0.176. The van der Waals surface area contributed by atoms with E-state index in [9.17, 15) is 0 Å². The maximum atomic E-state index is 2.57. The van der Waals surface area contributed by atoms with Gasteiger partial charge in [0.15, 0.2) is 0 Å². The van der Waals surface area contributed by atoms with E-state index >= 15 is 0 Å². The van der Waals surface area contributed by atoms with Crippen LogP contribution in [-0.4, -0.2) is 0 Å². The minimum Gasteiger partial charge on any atom is -0.310 e. The molecule has 4 aliphatic rings. The van der Waals surface area contributed by atoms with Crippen LogP contribution in [0.15, 0.2) is 146 Å². The number of benzene rings is 7. The van der Waals surface area contributed by atoms with E-state index in [0.717, 1.165) is 17.8 Å². The number of anilines is 3. The maximum Gasteiger partial charge on any atom is 0.0546 e. The van der Waals surface area contributed by atoms with Crippen LogP contribution >= 0.6 is 0 Å². The summed E-state index contributed by atoms with van der Waals surface area (Å²) in [6.07, 6.45) is 8.54. The lowest BCUT2D eigenvalue weighted by atomic mass is 9.48. The second-order valence-corrected chi connectivity index (χ2v) is 14.8. The first-order chi connectivity index (χ1) is 23.2. The monoisotopic (exact) mass is 605 g/mol. The van der Waals surface area contributed by atoms with Crippen LogP contribution in [0.3, 0.4) is 0 Å². The van der Waals surface area contributed by atoms with Crippen LogP contribution in [-0.2, 0) is 5.41 Å². The van der Waals surface area contributed by atoms with Crippen LogP contribution in [0.4, 0.5) is 17.1 Å². The van der Waals surface area contributed by atoms with Gasteiger partial charge >= 0.3 is 0 Å². The molecule has 0 N–H and O–H groups in total. The van der Waals surface area contributed by atoms with Crippen molar-refractivity contribution in [3.63, 3.8) is 0 Å². The standard InChI is InChI=1S/C46H39N/c1-3-14-40-34(9-1)11-7-18-41(40)35-19-21-38(22-20-35)47(45-26-36-10-2-4-15-42(36)43-16-5-6-17-44(43)45)39-13-8-12-37(27-39)46-28-31-23-32(29-46)25-33(24-31)30-46/h1-22,26-27,31-33H,23-25,28-30H2. The van der Waals surface area contributed by atoms with Gasteiger partial charge in [0.2, 0.25) is 0 Å². The Labute approximate surface area is 277 Å². The number of hydrogen-bond donors (Lipinski definition) is 0. The van der Waals surface area contributed by atoms with Gasteiger partial charge in [0, 0.05) is 16.8 Å². The molecule has 47 heavy (non-hydrogen) atoms. The molecule has 0 saturated heterocycles. The molecule has 0 aromatic heterocycles. The first kappa shape index (κ1) is 27.3. The number of nitrogens with zero attached hydrogens (tertiary/aromatic N) is 1. The fraction of sp³-hybridized carbons (Fsp3) is 0.217. The van der Waals surface area contributed by atoms with Crippen molar-refractivity contribution in [3.8, 4) is 11.1 Å². The Balaban J connectivity index is 1.16. The highest BCUT2D eigenvalue weighted by molar-refractivity contribution is 6.14. The van der Waals surface area contributed by atoms with Gasteiger partial charge in [-0.15, -0.1) is 0 Å². The molecular weight excluding hydrogens is 567 g/mol. The third-order valence-corrected chi connectivity index (χ3v) is 12.0. The van der Waals surface area contributed by atoms with E-state index in [1.54, 1.807) is 5.56 Å². The topological polar surface area (TPSA) is 3.24 Å². The van der Waals surface area contributed by atoms with Crippen molar-refractivity contribution in [3.05, 3.63) is 151 Å². The molecule has 4 aliphatic carbocycles. The van der Waals surface area contributed by atoms with Gasteiger partial charge in [0.25, 0.3) is 0 Å². The van der Waals surface area contributed by atoms with E-state index in [2.05, 4.69) is 150 Å². The van der Waals surface area contributed by atoms with Gasteiger partial charge in [0.1, 0.15) is 0 Å². The minimum absolute atomic E-state index is 0.347. The lowest BCUT2D eigenvalue weighted by Crippen LogP contribution is -2.48. The van der Waals surface area contributed by atoms with Crippen molar-refractivity contribution in [1.29, 1.82) is 0 Å². The highest BCUT2D eigenvalue weighted by atomic mass is 15.1. The van der Waals surface area contributed by atoms with Crippen LogP contribution in [0.2, 0.25) is 0 Å². The van der Waals surface area contributed by atoms with Gasteiger partial charge in [-0.25, -0.2) is 0 Å². The van der Waals surface area contributed by atoms with Crippen molar-refractivity contribution < 1.29 is 0 Å². The third kappa shape index (κ3) is 4.43. The highest BCUT2D eigenvalue weighted by Gasteiger charge is 2.51. The van der Waals surface area contributed by atoms with Gasteiger partial charge in [0.05, 0.1) is 5.69 Å². The predicted molar refractivity (Wildman–Crippen MR) is 199 cm³/mol. The average Bonchev–Trinajstić information content (AvgIpc) is 3.11. The zero-order valence-corrected chi connectivity index (χ0v) is 26.8. The average molecular weight is 606 g/mol. The van der Waals surface area contributed by atoms with Gasteiger partial charge in [-0.2, -0.15) is 0 Å². The number of hydrogen-bond acceptors (Lipinski definition) is 1. The van der Waals surface area contributed by atoms with Gasteiger partial charge in [-0.05, 0) is 136 Å². The van der Waals surface area contributed by atoms with Crippen molar-refractivity contribution >= 4 is 49.4 Å². The molecular formula is C46H39N. The smallest absolute Gasteiger partial charge is 0.0546 e. The zero-order chi connectivity index (χ0) is 31.0. The van der Waals surface area contributed by atoms with E-state index in [0.29, 0.717) is 5.41 Å². The van der Waals surface area contributed by atoms with Gasteiger partial charge < -0.3 is 4.90 Å². The Morgan fingerprint density at radius 3 is 1.79 bits per heavy atom. The van der Waals surface area contributed by atoms with Crippen molar-refractivity contribution in [2.45, 2.75) is 43.9 Å². The highest BCUT2D eigenvalue weighted by Crippen LogP contribution is 2.61. The first-order valence-electron chi connectivity index (χ1n) is 17.6. The summed E-state index contributed by atoms with van der Waals surface area (Å²) >= 11 is 0. The summed E-state index contributed by atoms with van der Waals surface area (Å²) < 4.78 is 0. The van der Waals surface area contributed by atoms with E-state index in [4.69, 9.17) is 0 Å². The number of fused-ring (bicyclic) bond motifs is 4. The largest absolute Gasteiger partial charge is 0.310 e. The normalized spacial score (nSPS) is 23.1. The summed E-state index contributed by atoms with van der Waals surface area (Å²) in [5.41, 5.74) is 8.13. The molecule has 0 aliphatic heterocycles. The fourth-order valence-corrected chi connectivity index (χ4v) is 10.4. The molecule has 11 rings (SSSR count). The van der Waals surface area contributed by atoms with E-state index in [-0.39, 0.29) is 0 Å². The van der Waals surface area contributed by atoms with E-state index in [1.807, 2.05) is 0 Å². The van der Waals surface area contributed by atoms with E-state index in [1.165, 1.54) is 99.0 Å². The second-order valence-electron chi connectivity index (χ2n) is 14.8. The van der Waals surface area contributed by atoms with Crippen molar-refractivity contribution in [1.82, 2.24) is 0 Å². The van der Waals surface area contributed by atoms with Gasteiger partial charge in [-0.3, -0.25) is 0 Å². The first-order valence-corrected chi connectivity index (χ1v) is 17.6. The van der Waals surface area contributed by atoms with Crippen LogP contribution in [0.5, 0.6) is 0 Å². The molecule has 0 unspecified atom stereocenters. The van der Waals surface area contributed by atoms with Crippen LogP contribution in [0.1, 0.15) is 44.1 Å². The fourth-order valence-electron chi connectivity index (χ4n) is 10.4. The molecule has 7 aromatic carbocycles. The molecule has 0 heterocycles. The van der Waals surface area contributed by atoms with Crippen molar-refractivity contribution in [2.75, 3.05) is 4.90 Å². The van der Waals surface area contributed by atoms with Crippen LogP contribution in [0, 0.1) is 17.8 Å². The maximum absolute atomic E-state index is 2.57. The molecule has 0 spiro atoms.